The molecule has 0 radical (unpaired) electrons. The van der Waals surface area contributed by atoms with E-state index in [1.54, 1.807) is 18.2 Å². The number of methoxy groups -OCH3 is 1. The Bertz CT molecular complexity index is 905. The van der Waals surface area contributed by atoms with Crippen LogP contribution in [0.4, 0.5) is 5.69 Å². The van der Waals surface area contributed by atoms with E-state index in [0.717, 1.165) is 12.8 Å². The zero-order valence-corrected chi connectivity index (χ0v) is 16.3. The van der Waals surface area contributed by atoms with Gasteiger partial charge in [0.25, 0.3) is 5.91 Å². The van der Waals surface area contributed by atoms with Crippen LogP contribution in [0.15, 0.2) is 53.4 Å². The summed E-state index contributed by atoms with van der Waals surface area (Å²) >= 11 is 0. The van der Waals surface area contributed by atoms with Gasteiger partial charge in [0.05, 0.1) is 7.11 Å². The summed E-state index contributed by atoms with van der Waals surface area (Å²) in [5, 5.41) is 2.77. The number of para-hydroxylation sites is 1. The van der Waals surface area contributed by atoms with Crippen LogP contribution in [0, 0.1) is 5.92 Å². The van der Waals surface area contributed by atoms with Crippen molar-refractivity contribution in [2.75, 3.05) is 25.5 Å². The van der Waals surface area contributed by atoms with Gasteiger partial charge in [-0.3, -0.25) is 4.79 Å². The molecule has 2 aromatic rings. The molecule has 6 nitrogen and oxygen atoms in total. The highest BCUT2D eigenvalue weighted by molar-refractivity contribution is 7.89. The topological polar surface area (TPSA) is 75.7 Å². The number of benzene rings is 2. The molecule has 1 N–H and O–H groups in total. The van der Waals surface area contributed by atoms with Crippen molar-refractivity contribution in [3.05, 3.63) is 54.1 Å². The number of sulfonamides is 1. The molecule has 1 saturated heterocycles. The maximum absolute atomic E-state index is 13.1. The molecule has 0 aliphatic carbocycles. The van der Waals surface area contributed by atoms with E-state index in [1.807, 2.05) is 18.2 Å². The number of nitrogens with one attached hydrogen (secondary N) is 1. The highest BCUT2D eigenvalue weighted by atomic mass is 32.2. The van der Waals surface area contributed by atoms with E-state index in [-0.39, 0.29) is 22.1 Å². The summed E-state index contributed by atoms with van der Waals surface area (Å²) in [4.78, 5) is 12.6. The largest absolute Gasteiger partial charge is 0.495 e. The van der Waals surface area contributed by atoms with Crippen LogP contribution in [-0.4, -0.2) is 38.8 Å². The fourth-order valence-corrected chi connectivity index (χ4v) is 4.76. The van der Waals surface area contributed by atoms with Crippen molar-refractivity contribution >= 4 is 21.6 Å². The number of anilines is 1. The van der Waals surface area contributed by atoms with Gasteiger partial charge in [-0.15, -0.1) is 0 Å². The molecule has 2 aromatic carbocycles. The van der Waals surface area contributed by atoms with Crippen LogP contribution in [0.3, 0.4) is 0 Å². The highest BCUT2D eigenvalue weighted by Gasteiger charge is 2.31. The number of piperidine rings is 1. The molecule has 1 aliphatic rings. The molecule has 3 rings (SSSR count). The first-order chi connectivity index (χ1) is 12.9. The Kier molecular flexibility index (Phi) is 5.82. The lowest BCUT2D eigenvalue weighted by molar-refractivity contribution is 0.102. The van der Waals surface area contributed by atoms with Gasteiger partial charge < -0.3 is 10.1 Å². The van der Waals surface area contributed by atoms with Crippen molar-refractivity contribution in [2.45, 2.75) is 24.7 Å². The van der Waals surface area contributed by atoms with Crippen molar-refractivity contribution in [3.8, 4) is 5.75 Å². The summed E-state index contributed by atoms with van der Waals surface area (Å²) in [5.41, 5.74) is 0.913. The maximum Gasteiger partial charge on any atom is 0.255 e. The second-order valence-corrected chi connectivity index (χ2v) is 8.68. The Hall–Kier alpha value is -2.38. The number of carbonyl (C=O) groups is 1. The van der Waals surface area contributed by atoms with Gasteiger partial charge in [-0.1, -0.05) is 25.1 Å². The van der Waals surface area contributed by atoms with Crippen molar-refractivity contribution in [1.82, 2.24) is 4.31 Å². The quantitative estimate of drug-likeness (QED) is 0.852. The number of rotatable bonds is 5. The summed E-state index contributed by atoms with van der Waals surface area (Å²) in [6, 6.07) is 13.5. The van der Waals surface area contributed by atoms with Crippen LogP contribution in [-0.2, 0) is 10.0 Å². The minimum atomic E-state index is -3.73. The Labute approximate surface area is 160 Å². The molecule has 0 saturated carbocycles. The Morgan fingerprint density at radius 3 is 2.41 bits per heavy atom. The van der Waals surface area contributed by atoms with Gasteiger partial charge in [-0.25, -0.2) is 8.42 Å². The SMILES string of the molecule is COc1ccc(C(=O)Nc2ccccc2)cc1S(=O)(=O)N1CCC(C)CC1. The average molecular weight is 388 g/mol. The Balaban J connectivity index is 1.90. The van der Waals surface area contributed by atoms with Gasteiger partial charge in [-0.05, 0) is 49.1 Å². The molecule has 0 bridgehead atoms. The smallest absolute Gasteiger partial charge is 0.255 e. The molecular formula is C20H24N2O4S. The zero-order chi connectivity index (χ0) is 19.4. The monoisotopic (exact) mass is 388 g/mol. The number of hydrogen-bond acceptors (Lipinski definition) is 4. The van der Waals surface area contributed by atoms with Gasteiger partial charge in [0.2, 0.25) is 10.0 Å². The fourth-order valence-electron chi connectivity index (χ4n) is 3.11. The fraction of sp³-hybridized carbons (Fsp3) is 0.350. The minimum Gasteiger partial charge on any atom is -0.495 e. The van der Waals surface area contributed by atoms with E-state index in [9.17, 15) is 13.2 Å². The first-order valence-electron chi connectivity index (χ1n) is 8.96. The molecule has 7 heteroatoms. The molecule has 27 heavy (non-hydrogen) atoms. The van der Waals surface area contributed by atoms with Gasteiger partial charge in [-0.2, -0.15) is 4.31 Å². The lowest BCUT2D eigenvalue weighted by atomic mass is 10.0. The maximum atomic E-state index is 13.1. The van der Waals surface area contributed by atoms with Crippen LogP contribution in [0.25, 0.3) is 0 Å². The van der Waals surface area contributed by atoms with Gasteiger partial charge in [0, 0.05) is 24.3 Å². The number of ether oxygens (including phenoxy) is 1. The number of carbonyl (C=O) groups excluding carboxylic acids is 1. The van der Waals surface area contributed by atoms with Gasteiger partial charge >= 0.3 is 0 Å². The van der Waals surface area contributed by atoms with Crippen LogP contribution in [0.5, 0.6) is 5.75 Å². The van der Waals surface area contributed by atoms with Gasteiger partial charge in [0.15, 0.2) is 0 Å². The molecule has 1 fully saturated rings. The molecule has 0 unspecified atom stereocenters. The number of hydrogen-bond donors (Lipinski definition) is 1. The molecular weight excluding hydrogens is 364 g/mol. The van der Waals surface area contributed by atoms with E-state index in [0.29, 0.717) is 24.7 Å². The molecule has 1 aliphatic heterocycles. The Morgan fingerprint density at radius 1 is 1.11 bits per heavy atom. The molecule has 0 aromatic heterocycles. The summed E-state index contributed by atoms with van der Waals surface area (Å²) in [6.45, 7) is 3.08. The summed E-state index contributed by atoms with van der Waals surface area (Å²) in [6.07, 6.45) is 1.66. The van der Waals surface area contributed by atoms with E-state index >= 15 is 0 Å². The lowest BCUT2D eigenvalue weighted by Gasteiger charge is -2.29. The van der Waals surface area contributed by atoms with Crippen molar-refractivity contribution in [2.24, 2.45) is 5.92 Å². The first kappa shape index (κ1) is 19.4. The highest BCUT2D eigenvalue weighted by Crippen LogP contribution is 2.30. The summed E-state index contributed by atoms with van der Waals surface area (Å²) in [5.74, 6) is 0.388. The third-order valence-electron chi connectivity index (χ3n) is 4.82. The van der Waals surface area contributed by atoms with Gasteiger partial charge in [0.1, 0.15) is 10.6 Å². The molecule has 0 spiro atoms. The molecule has 0 atom stereocenters. The first-order valence-corrected chi connectivity index (χ1v) is 10.4. The van der Waals surface area contributed by atoms with Crippen LogP contribution < -0.4 is 10.1 Å². The molecule has 144 valence electrons. The third-order valence-corrected chi connectivity index (χ3v) is 6.74. The second kappa shape index (κ2) is 8.10. The second-order valence-electron chi connectivity index (χ2n) is 6.77. The van der Waals surface area contributed by atoms with E-state index in [1.165, 1.54) is 23.5 Å². The van der Waals surface area contributed by atoms with Crippen LogP contribution >= 0.6 is 0 Å². The normalized spacial score (nSPS) is 16.1. The molecule has 1 amide bonds. The number of nitrogens with zero attached hydrogens (tertiary/aromatic N) is 1. The van der Waals surface area contributed by atoms with Crippen molar-refractivity contribution < 1.29 is 17.9 Å². The Morgan fingerprint density at radius 2 is 1.78 bits per heavy atom. The van der Waals surface area contributed by atoms with E-state index in [4.69, 9.17) is 4.74 Å². The van der Waals surface area contributed by atoms with Crippen molar-refractivity contribution in [3.63, 3.8) is 0 Å². The van der Waals surface area contributed by atoms with Crippen molar-refractivity contribution in [1.29, 1.82) is 0 Å². The minimum absolute atomic E-state index is 0.0280. The summed E-state index contributed by atoms with van der Waals surface area (Å²) < 4.78 is 33.0. The average Bonchev–Trinajstić information content (AvgIpc) is 2.68. The standard InChI is InChI=1S/C20H24N2O4S/c1-15-10-12-22(13-11-15)27(24,25)19-14-16(8-9-18(19)26-2)20(23)21-17-6-4-3-5-7-17/h3-9,14-15H,10-13H2,1-2H3,(H,21,23). The summed E-state index contributed by atoms with van der Waals surface area (Å²) in [7, 11) is -2.30. The van der Waals surface area contributed by atoms with E-state index in [2.05, 4.69) is 12.2 Å². The lowest BCUT2D eigenvalue weighted by Crippen LogP contribution is -2.38. The molecule has 1 heterocycles. The zero-order valence-electron chi connectivity index (χ0n) is 15.5. The predicted molar refractivity (Wildman–Crippen MR) is 105 cm³/mol. The van der Waals surface area contributed by atoms with Crippen LogP contribution in [0.2, 0.25) is 0 Å². The van der Waals surface area contributed by atoms with E-state index < -0.39 is 10.0 Å². The number of amides is 1. The third kappa shape index (κ3) is 4.31. The predicted octanol–water partition coefficient (Wildman–Crippen LogP) is 3.37. The van der Waals surface area contributed by atoms with Crippen LogP contribution in [0.1, 0.15) is 30.1 Å².